The number of aryl methyl sites for hydroxylation is 1. The lowest BCUT2D eigenvalue weighted by molar-refractivity contribution is -0.112. The molecule has 8 nitrogen and oxygen atoms in total. The normalized spacial score (nSPS) is 12.9. The second-order valence-electron chi connectivity index (χ2n) is 7.22. The Balaban J connectivity index is 1.96. The van der Waals surface area contributed by atoms with E-state index in [-0.39, 0.29) is 12.2 Å². The SMILES string of the molecule is CCOC(=O)c1c(NC(=O)/C(C#N)=C/c2cc(OC)c(OC)c(OC)c2)sc2c1CCCC2. The van der Waals surface area contributed by atoms with E-state index < -0.39 is 11.9 Å². The summed E-state index contributed by atoms with van der Waals surface area (Å²) in [6.45, 7) is 1.98. The van der Waals surface area contributed by atoms with Crippen molar-refractivity contribution in [2.75, 3.05) is 33.3 Å². The number of carbonyl (C=O) groups excluding carboxylic acids is 2. The molecule has 0 fully saturated rings. The molecule has 1 N–H and O–H groups in total. The van der Waals surface area contributed by atoms with Crippen molar-refractivity contribution < 1.29 is 28.5 Å². The smallest absolute Gasteiger partial charge is 0.341 e. The number of rotatable bonds is 8. The van der Waals surface area contributed by atoms with Gasteiger partial charge in [0.2, 0.25) is 5.75 Å². The van der Waals surface area contributed by atoms with Gasteiger partial charge in [0.15, 0.2) is 11.5 Å². The van der Waals surface area contributed by atoms with Crippen LogP contribution in [0.25, 0.3) is 6.08 Å². The topological polar surface area (TPSA) is 107 Å². The van der Waals surface area contributed by atoms with Crippen molar-refractivity contribution in [1.29, 1.82) is 5.26 Å². The number of amides is 1. The van der Waals surface area contributed by atoms with Crippen LogP contribution in [0.3, 0.4) is 0 Å². The lowest BCUT2D eigenvalue weighted by atomic mass is 9.95. The van der Waals surface area contributed by atoms with Crippen LogP contribution in [-0.2, 0) is 22.4 Å². The van der Waals surface area contributed by atoms with Gasteiger partial charge in [-0.05, 0) is 61.9 Å². The largest absolute Gasteiger partial charge is 0.493 e. The Bertz CT molecular complexity index is 1100. The van der Waals surface area contributed by atoms with Crippen LogP contribution >= 0.6 is 11.3 Å². The highest BCUT2D eigenvalue weighted by molar-refractivity contribution is 7.17. The first-order valence-corrected chi connectivity index (χ1v) is 11.3. The summed E-state index contributed by atoms with van der Waals surface area (Å²) in [5.41, 5.74) is 1.72. The second-order valence-corrected chi connectivity index (χ2v) is 8.32. The minimum atomic E-state index is -0.615. The third-order valence-corrected chi connectivity index (χ3v) is 6.45. The van der Waals surface area contributed by atoms with Gasteiger partial charge in [0.25, 0.3) is 5.91 Å². The molecule has 3 rings (SSSR count). The van der Waals surface area contributed by atoms with Crippen LogP contribution in [0.1, 0.15) is 46.1 Å². The van der Waals surface area contributed by atoms with Gasteiger partial charge in [-0.3, -0.25) is 4.79 Å². The van der Waals surface area contributed by atoms with Gasteiger partial charge in [-0.1, -0.05) is 0 Å². The van der Waals surface area contributed by atoms with Gasteiger partial charge in [0.1, 0.15) is 16.6 Å². The Morgan fingerprint density at radius 3 is 2.36 bits per heavy atom. The number of hydrogen-bond acceptors (Lipinski definition) is 8. The average Bonchev–Trinajstić information content (AvgIpc) is 3.19. The van der Waals surface area contributed by atoms with Crippen LogP contribution in [0.15, 0.2) is 17.7 Å². The molecule has 0 saturated carbocycles. The van der Waals surface area contributed by atoms with Gasteiger partial charge in [0, 0.05) is 4.88 Å². The zero-order chi connectivity index (χ0) is 24.0. The number of hydrogen-bond donors (Lipinski definition) is 1. The first kappa shape index (κ1) is 24.1. The van der Waals surface area contributed by atoms with Crippen molar-refractivity contribution in [1.82, 2.24) is 0 Å². The van der Waals surface area contributed by atoms with Crippen LogP contribution in [0.4, 0.5) is 5.00 Å². The molecule has 2 aromatic rings. The molecule has 1 aromatic heterocycles. The third kappa shape index (κ3) is 5.12. The molecule has 0 radical (unpaired) electrons. The number of nitrogens with one attached hydrogen (secondary N) is 1. The fourth-order valence-electron chi connectivity index (χ4n) is 3.74. The number of anilines is 1. The predicted octanol–water partition coefficient (Wildman–Crippen LogP) is 4.38. The Morgan fingerprint density at radius 2 is 1.79 bits per heavy atom. The minimum absolute atomic E-state index is 0.134. The molecule has 33 heavy (non-hydrogen) atoms. The van der Waals surface area contributed by atoms with Gasteiger partial charge in [0.05, 0.1) is 33.5 Å². The summed E-state index contributed by atoms with van der Waals surface area (Å²) in [6.07, 6.45) is 5.07. The highest BCUT2D eigenvalue weighted by atomic mass is 32.1. The van der Waals surface area contributed by atoms with Crippen LogP contribution in [-0.4, -0.2) is 39.8 Å². The van der Waals surface area contributed by atoms with E-state index in [1.54, 1.807) is 19.1 Å². The molecule has 174 valence electrons. The van der Waals surface area contributed by atoms with Gasteiger partial charge >= 0.3 is 5.97 Å². The Kier molecular flexibility index (Phi) is 7.96. The summed E-state index contributed by atoms with van der Waals surface area (Å²) in [7, 11) is 4.46. The molecule has 1 heterocycles. The lowest BCUT2D eigenvalue weighted by Gasteiger charge is -2.13. The van der Waals surface area contributed by atoms with E-state index in [1.165, 1.54) is 38.7 Å². The van der Waals surface area contributed by atoms with Gasteiger partial charge in [-0.25, -0.2) is 4.79 Å². The number of thiophene rings is 1. The van der Waals surface area contributed by atoms with Gasteiger partial charge < -0.3 is 24.3 Å². The zero-order valence-electron chi connectivity index (χ0n) is 19.1. The fourth-order valence-corrected chi connectivity index (χ4v) is 5.02. The predicted molar refractivity (Wildman–Crippen MR) is 125 cm³/mol. The summed E-state index contributed by atoms with van der Waals surface area (Å²) in [5, 5.41) is 12.8. The van der Waals surface area contributed by atoms with Crippen LogP contribution in [0, 0.1) is 11.3 Å². The number of benzene rings is 1. The average molecular weight is 471 g/mol. The summed E-state index contributed by atoms with van der Waals surface area (Å²) < 4.78 is 21.2. The van der Waals surface area contributed by atoms with Gasteiger partial charge in [-0.15, -0.1) is 11.3 Å². The van der Waals surface area contributed by atoms with E-state index in [1.807, 2.05) is 6.07 Å². The summed E-state index contributed by atoms with van der Waals surface area (Å²) in [6, 6.07) is 5.21. The van der Waals surface area contributed by atoms with E-state index in [4.69, 9.17) is 18.9 Å². The zero-order valence-corrected chi connectivity index (χ0v) is 19.9. The molecular weight excluding hydrogens is 444 g/mol. The number of fused-ring (bicyclic) bond motifs is 1. The molecule has 0 unspecified atom stereocenters. The number of esters is 1. The third-order valence-electron chi connectivity index (χ3n) is 5.24. The lowest BCUT2D eigenvalue weighted by Crippen LogP contribution is -2.16. The van der Waals surface area contributed by atoms with Crippen molar-refractivity contribution in [3.05, 3.63) is 39.3 Å². The Morgan fingerprint density at radius 1 is 1.12 bits per heavy atom. The molecule has 1 aliphatic carbocycles. The van der Waals surface area contributed by atoms with Crippen molar-refractivity contribution in [2.45, 2.75) is 32.6 Å². The van der Waals surface area contributed by atoms with Crippen molar-refractivity contribution >= 4 is 34.3 Å². The highest BCUT2D eigenvalue weighted by Gasteiger charge is 2.28. The number of carbonyl (C=O) groups is 2. The summed E-state index contributed by atoms with van der Waals surface area (Å²) in [5.74, 6) is 0.130. The maximum absolute atomic E-state index is 13.0. The Labute approximate surface area is 196 Å². The molecule has 1 aliphatic rings. The molecule has 0 spiro atoms. The van der Waals surface area contributed by atoms with E-state index in [2.05, 4.69) is 5.32 Å². The van der Waals surface area contributed by atoms with Crippen molar-refractivity contribution in [3.63, 3.8) is 0 Å². The van der Waals surface area contributed by atoms with E-state index in [9.17, 15) is 14.9 Å². The van der Waals surface area contributed by atoms with Crippen molar-refractivity contribution in [3.8, 4) is 23.3 Å². The molecule has 1 amide bonds. The van der Waals surface area contributed by atoms with Crippen molar-refractivity contribution in [2.24, 2.45) is 0 Å². The second kappa shape index (κ2) is 10.9. The monoisotopic (exact) mass is 470 g/mol. The van der Waals surface area contributed by atoms with Gasteiger partial charge in [-0.2, -0.15) is 5.26 Å². The minimum Gasteiger partial charge on any atom is -0.493 e. The Hall–Kier alpha value is -3.51. The molecule has 0 atom stereocenters. The fraction of sp³-hybridized carbons (Fsp3) is 0.375. The van der Waals surface area contributed by atoms with Crippen LogP contribution < -0.4 is 19.5 Å². The number of methoxy groups -OCH3 is 3. The number of nitrogens with zero attached hydrogens (tertiary/aromatic N) is 1. The quantitative estimate of drug-likeness (QED) is 0.347. The van der Waals surface area contributed by atoms with E-state index in [0.29, 0.717) is 33.4 Å². The first-order valence-electron chi connectivity index (χ1n) is 10.5. The molecular formula is C24H26N2O6S. The maximum atomic E-state index is 13.0. The maximum Gasteiger partial charge on any atom is 0.341 e. The van der Waals surface area contributed by atoms with Crippen LogP contribution in [0.2, 0.25) is 0 Å². The number of nitriles is 1. The molecule has 9 heteroatoms. The molecule has 0 saturated heterocycles. The highest BCUT2D eigenvalue weighted by Crippen LogP contribution is 2.40. The molecule has 0 bridgehead atoms. The summed E-state index contributed by atoms with van der Waals surface area (Å²) >= 11 is 1.37. The standard InChI is InChI=1S/C24H26N2O6S/c1-5-32-24(28)20-16-8-6-7-9-19(16)33-23(20)26-22(27)15(13-25)10-14-11-17(29-2)21(31-4)18(12-14)30-3/h10-12H,5-9H2,1-4H3,(H,26,27)/b15-10+. The number of ether oxygens (including phenoxy) is 4. The van der Waals surface area contributed by atoms with E-state index >= 15 is 0 Å². The first-order chi connectivity index (χ1) is 16.0. The molecule has 1 aromatic carbocycles. The summed E-state index contributed by atoms with van der Waals surface area (Å²) in [4.78, 5) is 26.7. The molecule has 0 aliphatic heterocycles. The van der Waals surface area contributed by atoms with E-state index in [0.717, 1.165) is 36.1 Å². The van der Waals surface area contributed by atoms with Crippen LogP contribution in [0.5, 0.6) is 17.2 Å².